The smallest absolute Gasteiger partial charge is 0.218 e. The van der Waals surface area contributed by atoms with Gasteiger partial charge in [0.05, 0.1) is 0 Å². The highest BCUT2D eigenvalue weighted by Crippen LogP contribution is 2.09. The normalized spacial score (nSPS) is 12.7. The van der Waals surface area contributed by atoms with Crippen LogP contribution in [0.15, 0.2) is 12.2 Å². The van der Waals surface area contributed by atoms with E-state index in [9.17, 15) is 4.79 Å². The van der Waals surface area contributed by atoms with Gasteiger partial charge in [0.2, 0.25) is 5.91 Å². The van der Waals surface area contributed by atoms with Gasteiger partial charge in [0.1, 0.15) is 0 Å². The molecule has 0 spiro atoms. The molecular formula is C7H13NO. The number of carbonyl (C=O) groups is 1. The minimum absolute atomic E-state index is 0.225. The van der Waals surface area contributed by atoms with Crippen molar-refractivity contribution >= 4 is 5.91 Å². The van der Waals surface area contributed by atoms with Gasteiger partial charge in [-0.25, -0.2) is 0 Å². The second-order valence-corrected chi connectivity index (χ2v) is 2.42. The van der Waals surface area contributed by atoms with E-state index in [0.29, 0.717) is 6.42 Å². The standard InChI is InChI=1S/C7H13NO/c1-5(2)6(3)4-7(8)9/h6H,1,4H2,2-3H3,(H2,8,9)/t6-/m0/s1. The first-order chi connectivity index (χ1) is 4.04. The largest absolute Gasteiger partial charge is 0.370 e. The zero-order valence-electron chi connectivity index (χ0n) is 5.98. The molecule has 0 aliphatic carbocycles. The Kier molecular flexibility index (Phi) is 2.99. The lowest BCUT2D eigenvalue weighted by molar-refractivity contribution is -0.118. The van der Waals surface area contributed by atoms with Gasteiger partial charge in [-0.3, -0.25) is 4.79 Å². The SMILES string of the molecule is C=C(C)[C@@H](C)CC(N)=O. The molecule has 0 aliphatic rings. The van der Waals surface area contributed by atoms with E-state index in [2.05, 4.69) is 6.58 Å². The third kappa shape index (κ3) is 3.76. The van der Waals surface area contributed by atoms with Gasteiger partial charge in [-0.1, -0.05) is 19.1 Å². The highest BCUT2D eigenvalue weighted by atomic mass is 16.1. The van der Waals surface area contributed by atoms with E-state index in [1.165, 1.54) is 0 Å². The summed E-state index contributed by atoms with van der Waals surface area (Å²) in [6.45, 7) is 7.53. The molecule has 1 atom stereocenters. The Morgan fingerprint density at radius 1 is 1.78 bits per heavy atom. The van der Waals surface area contributed by atoms with Crippen molar-refractivity contribution in [1.29, 1.82) is 0 Å². The van der Waals surface area contributed by atoms with Crippen molar-refractivity contribution in [2.45, 2.75) is 20.3 Å². The van der Waals surface area contributed by atoms with Gasteiger partial charge in [-0.2, -0.15) is 0 Å². The highest BCUT2D eigenvalue weighted by molar-refractivity contribution is 5.74. The number of primary amides is 1. The number of carbonyl (C=O) groups excluding carboxylic acids is 1. The van der Waals surface area contributed by atoms with E-state index < -0.39 is 0 Å². The van der Waals surface area contributed by atoms with Crippen molar-refractivity contribution < 1.29 is 4.79 Å². The first-order valence-corrected chi connectivity index (χ1v) is 2.97. The molecule has 0 saturated carbocycles. The minimum Gasteiger partial charge on any atom is -0.370 e. The lowest BCUT2D eigenvalue weighted by atomic mass is 10.0. The summed E-state index contributed by atoms with van der Waals surface area (Å²) in [6, 6.07) is 0. The monoisotopic (exact) mass is 127 g/mol. The van der Waals surface area contributed by atoms with Crippen molar-refractivity contribution in [3.8, 4) is 0 Å². The molecule has 0 unspecified atom stereocenters. The molecule has 0 aromatic heterocycles. The lowest BCUT2D eigenvalue weighted by Gasteiger charge is -2.06. The molecule has 0 bridgehead atoms. The van der Waals surface area contributed by atoms with E-state index in [-0.39, 0.29) is 11.8 Å². The molecule has 0 aromatic carbocycles. The number of nitrogens with two attached hydrogens (primary N) is 1. The van der Waals surface area contributed by atoms with Crippen LogP contribution >= 0.6 is 0 Å². The molecule has 0 aromatic rings. The molecule has 0 radical (unpaired) electrons. The number of amides is 1. The van der Waals surface area contributed by atoms with Crippen LogP contribution in [0.1, 0.15) is 20.3 Å². The van der Waals surface area contributed by atoms with E-state index in [1.807, 2.05) is 13.8 Å². The lowest BCUT2D eigenvalue weighted by Crippen LogP contribution is -2.14. The van der Waals surface area contributed by atoms with Crippen LogP contribution in [0.3, 0.4) is 0 Å². The number of hydrogen-bond acceptors (Lipinski definition) is 1. The van der Waals surface area contributed by atoms with Crippen LogP contribution < -0.4 is 5.73 Å². The van der Waals surface area contributed by atoms with Crippen LogP contribution in [0, 0.1) is 5.92 Å². The quantitative estimate of drug-likeness (QED) is 0.566. The Hall–Kier alpha value is -0.790. The summed E-state index contributed by atoms with van der Waals surface area (Å²) >= 11 is 0. The first-order valence-electron chi connectivity index (χ1n) is 2.97. The maximum absolute atomic E-state index is 10.3. The number of rotatable bonds is 3. The zero-order chi connectivity index (χ0) is 7.44. The third-order valence-electron chi connectivity index (χ3n) is 1.35. The Morgan fingerprint density at radius 3 is 2.33 bits per heavy atom. The fraction of sp³-hybridized carbons (Fsp3) is 0.571. The summed E-state index contributed by atoms with van der Waals surface area (Å²) in [5, 5.41) is 0. The van der Waals surface area contributed by atoms with Crippen LogP contribution in [-0.4, -0.2) is 5.91 Å². The summed E-state index contributed by atoms with van der Waals surface area (Å²) in [6.07, 6.45) is 0.412. The van der Waals surface area contributed by atoms with Crippen LogP contribution in [0.2, 0.25) is 0 Å². The van der Waals surface area contributed by atoms with Crippen molar-refractivity contribution in [1.82, 2.24) is 0 Å². The summed E-state index contributed by atoms with van der Waals surface area (Å²) < 4.78 is 0. The van der Waals surface area contributed by atoms with Gasteiger partial charge in [0, 0.05) is 6.42 Å². The average molecular weight is 127 g/mol. The Bertz CT molecular complexity index is 129. The van der Waals surface area contributed by atoms with E-state index in [4.69, 9.17) is 5.73 Å². The molecule has 0 aliphatic heterocycles. The first kappa shape index (κ1) is 8.21. The van der Waals surface area contributed by atoms with Gasteiger partial charge in [0.15, 0.2) is 0 Å². The Balaban J connectivity index is 3.63. The molecule has 2 nitrogen and oxygen atoms in total. The molecule has 0 rings (SSSR count). The van der Waals surface area contributed by atoms with E-state index >= 15 is 0 Å². The fourth-order valence-corrected chi connectivity index (χ4v) is 0.476. The summed E-state index contributed by atoms with van der Waals surface area (Å²) in [7, 11) is 0. The fourth-order valence-electron chi connectivity index (χ4n) is 0.476. The molecule has 2 heteroatoms. The van der Waals surface area contributed by atoms with Gasteiger partial charge < -0.3 is 5.73 Å². The van der Waals surface area contributed by atoms with Crippen LogP contribution in [0.5, 0.6) is 0 Å². The summed E-state index contributed by atoms with van der Waals surface area (Å²) in [4.78, 5) is 10.3. The number of hydrogen-bond donors (Lipinski definition) is 1. The Morgan fingerprint density at radius 2 is 2.22 bits per heavy atom. The minimum atomic E-state index is -0.259. The van der Waals surface area contributed by atoms with Gasteiger partial charge in [-0.05, 0) is 12.8 Å². The summed E-state index contributed by atoms with van der Waals surface area (Å²) in [5.74, 6) is -0.0343. The Labute approximate surface area is 55.7 Å². The van der Waals surface area contributed by atoms with E-state index in [0.717, 1.165) is 5.57 Å². The van der Waals surface area contributed by atoms with Crippen molar-refractivity contribution in [3.05, 3.63) is 12.2 Å². The molecule has 0 heterocycles. The summed E-state index contributed by atoms with van der Waals surface area (Å²) in [5.41, 5.74) is 5.96. The molecule has 2 N–H and O–H groups in total. The zero-order valence-corrected chi connectivity index (χ0v) is 5.98. The maximum atomic E-state index is 10.3. The van der Waals surface area contributed by atoms with Gasteiger partial charge in [0.25, 0.3) is 0 Å². The predicted molar refractivity (Wildman–Crippen MR) is 37.8 cm³/mol. The van der Waals surface area contributed by atoms with Crippen LogP contribution in [-0.2, 0) is 4.79 Å². The van der Waals surface area contributed by atoms with Crippen LogP contribution in [0.4, 0.5) is 0 Å². The van der Waals surface area contributed by atoms with Crippen molar-refractivity contribution in [2.24, 2.45) is 11.7 Å². The van der Waals surface area contributed by atoms with Crippen molar-refractivity contribution in [3.63, 3.8) is 0 Å². The third-order valence-corrected chi connectivity index (χ3v) is 1.35. The topological polar surface area (TPSA) is 43.1 Å². The van der Waals surface area contributed by atoms with E-state index in [1.54, 1.807) is 0 Å². The molecular weight excluding hydrogens is 114 g/mol. The second kappa shape index (κ2) is 3.28. The molecule has 9 heavy (non-hydrogen) atoms. The second-order valence-electron chi connectivity index (χ2n) is 2.42. The van der Waals surface area contributed by atoms with Crippen LogP contribution in [0.25, 0.3) is 0 Å². The molecule has 1 amide bonds. The maximum Gasteiger partial charge on any atom is 0.218 e. The van der Waals surface area contributed by atoms with Gasteiger partial charge >= 0.3 is 0 Å². The van der Waals surface area contributed by atoms with Gasteiger partial charge in [-0.15, -0.1) is 0 Å². The van der Waals surface area contributed by atoms with Crippen molar-refractivity contribution in [2.75, 3.05) is 0 Å². The predicted octanol–water partition coefficient (Wildman–Crippen LogP) is 1.07. The molecule has 0 saturated heterocycles. The molecule has 0 fully saturated rings. The number of allylic oxidation sites excluding steroid dienone is 1. The highest BCUT2D eigenvalue weighted by Gasteiger charge is 2.04. The molecule has 52 valence electrons. The average Bonchev–Trinajstić information content (AvgIpc) is 1.63.